The molecule has 2 rings (SSSR count). The van der Waals surface area contributed by atoms with E-state index in [0.29, 0.717) is 18.9 Å². The minimum Gasteiger partial charge on any atom is -0.463 e. The van der Waals surface area contributed by atoms with Gasteiger partial charge in [-0.3, -0.25) is 4.79 Å². The smallest absolute Gasteiger partial charge is 0.223 e. The van der Waals surface area contributed by atoms with Gasteiger partial charge < -0.3 is 14.6 Å². The normalized spacial score (nSPS) is 19.0. The molecule has 0 aliphatic carbocycles. The van der Waals surface area contributed by atoms with Crippen LogP contribution in [-0.2, 0) is 17.9 Å². The average Bonchev–Trinajstić information content (AvgIpc) is 2.99. The summed E-state index contributed by atoms with van der Waals surface area (Å²) in [5, 5.41) is 3.32. The highest BCUT2D eigenvalue weighted by atomic mass is 16.3. The first-order valence-electron chi connectivity index (χ1n) is 7.79. The summed E-state index contributed by atoms with van der Waals surface area (Å²) < 4.78 is 5.78. The molecule has 4 heteroatoms. The third-order valence-electron chi connectivity index (χ3n) is 3.78. The lowest BCUT2D eigenvalue weighted by Crippen LogP contribution is -2.24. The van der Waals surface area contributed by atoms with Crippen LogP contribution in [0.2, 0.25) is 0 Å². The van der Waals surface area contributed by atoms with E-state index in [-0.39, 0.29) is 5.91 Å². The zero-order valence-corrected chi connectivity index (χ0v) is 12.7. The number of hydrogen-bond donors (Lipinski definition) is 1. The van der Waals surface area contributed by atoms with Gasteiger partial charge >= 0.3 is 0 Å². The predicted octanol–water partition coefficient (Wildman–Crippen LogP) is 2.93. The summed E-state index contributed by atoms with van der Waals surface area (Å²) in [6.07, 6.45) is 4.13. The van der Waals surface area contributed by atoms with Crippen LogP contribution in [0.15, 0.2) is 16.5 Å². The highest BCUT2D eigenvalue weighted by molar-refractivity contribution is 5.78. The number of rotatable bonds is 8. The maximum absolute atomic E-state index is 12.0. The van der Waals surface area contributed by atoms with E-state index in [1.807, 2.05) is 17.0 Å². The van der Waals surface area contributed by atoms with Crippen molar-refractivity contribution in [2.75, 3.05) is 13.1 Å². The van der Waals surface area contributed by atoms with E-state index in [1.165, 1.54) is 0 Å². The van der Waals surface area contributed by atoms with Crippen LogP contribution >= 0.6 is 0 Å². The fourth-order valence-electron chi connectivity index (χ4n) is 2.79. The van der Waals surface area contributed by atoms with Gasteiger partial charge in [-0.25, -0.2) is 0 Å². The summed E-state index contributed by atoms with van der Waals surface area (Å²) in [5.41, 5.74) is 0. The zero-order chi connectivity index (χ0) is 14.4. The highest BCUT2D eigenvalue weighted by Crippen LogP contribution is 2.24. The Balaban J connectivity index is 1.82. The van der Waals surface area contributed by atoms with Crippen LogP contribution in [0.4, 0.5) is 0 Å². The summed E-state index contributed by atoms with van der Waals surface area (Å²) in [5.74, 6) is 2.65. The molecule has 1 amide bonds. The third kappa shape index (κ3) is 4.10. The Bertz CT molecular complexity index is 428. The van der Waals surface area contributed by atoms with Crippen LogP contribution in [0.25, 0.3) is 0 Å². The maximum Gasteiger partial charge on any atom is 0.223 e. The summed E-state index contributed by atoms with van der Waals surface area (Å²) in [6, 6.07) is 3.99. The van der Waals surface area contributed by atoms with E-state index in [0.717, 1.165) is 50.4 Å². The van der Waals surface area contributed by atoms with Gasteiger partial charge in [0.2, 0.25) is 5.91 Å². The molecule has 0 bridgehead atoms. The summed E-state index contributed by atoms with van der Waals surface area (Å²) in [4.78, 5) is 13.9. The van der Waals surface area contributed by atoms with E-state index in [2.05, 4.69) is 19.2 Å². The SMILES string of the molecule is CCCNCc1ccc(CN2CC(CCC)CC2=O)o1. The molecule has 20 heavy (non-hydrogen) atoms. The minimum absolute atomic E-state index is 0.269. The van der Waals surface area contributed by atoms with Crippen LogP contribution in [0.5, 0.6) is 0 Å². The van der Waals surface area contributed by atoms with Crippen LogP contribution in [-0.4, -0.2) is 23.9 Å². The molecule has 0 saturated carbocycles. The molecule has 0 radical (unpaired) electrons. The predicted molar refractivity (Wildman–Crippen MR) is 79.1 cm³/mol. The van der Waals surface area contributed by atoms with Gasteiger partial charge in [-0.2, -0.15) is 0 Å². The van der Waals surface area contributed by atoms with E-state index in [9.17, 15) is 4.79 Å². The van der Waals surface area contributed by atoms with Crippen molar-refractivity contribution in [3.05, 3.63) is 23.7 Å². The lowest BCUT2D eigenvalue weighted by molar-refractivity contribution is -0.128. The number of furan rings is 1. The Morgan fingerprint density at radius 3 is 2.85 bits per heavy atom. The molecule has 1 N–H and O–H groups in total. The lowest BCUT2D eigenvalue weighted by atomic mass is 10.0. The molecule has 2 heterocycles. The Labute approximate surface area is 121 Å². The zero-order valence-electron chi connectivity index (χ0n) is 12.7. The molecule has 112 valence electrons. The first-order valence-corrected chi connectivity index (χ1v) is 7.79. The fraction of sp³-hybridized carbons (Fsp3) is 0.688. The van der Waals surface area contributed by atoms with Crippen LogP contribution in [0.3, 0.4) is 0 Å². The lowest BCUT2D eigenvalue weighted by Gasteiger charge is -2.14. The molecular formula is C16H26N2O2. The second-order valence-electron chi connectivity index (χ2n) is 5.68. The molecule has 1 aliphatic heterocycles. The molecule has 1 unspecified atom stereocenters. The maximum atomic E-state index is 12.0. The number of hydrogen-bond acceptors (Lipinski definition) is 3. The first kappa shape index (κ1) is 15.1. The molecule has 1 aromatic rings. The van der Waals surface area contributed by atoms with E-state index in [4.69, 9.17) is 4.42 Å². The van der Waals surface area contributed by atoms with Crippen LogP contribution in [0, 0.1) is 5.92 Å². The Morgan fingerprint density at radius 2 is 2.10 bits per heavy atom. The Hall–Kier alpha value is -1.29. The number of nitrogens with one attached hydrogen (secondary N) is 1. The number of likely N-dealkylation sites (tertiary alicyclic amines) is 1. The number of carbonyl (C=O) groups excluding carboxylic acids is 1. The third-order valence-corrected chi connectivity index (χ3v) is 3.78. The van der Waals surface area contributed by atoms with E-state index < -0.39 is 0 Å². The van der Waals surface area contributed by atoms with Gasteiger partial charge in [-0.15, -0.1) is 0 Å². The van der Waals surface area contributed by atoms with Crippen LogP contribution < -0.4 is 5.32 Å². The minimum atomic E-state index is 0.269. The molecule has 0 aromatic carbocycles. The van der Waals surface area contributed by atoms with Crippen molar-refractivity contribution in [1.82, 2.24) is 10.2 Å². The molecule has 4 nitrogen and oxygen atoms in total. The second kappa shape index (κ2) is 7.48. The molecule has 1 atom stereocenters. The van der Waals surface area contributed by atoms with E-state index in [1.54, 1.807) is 0 Å². The largest absolute Gasteiger partial charge is 0.463 e. The van der Waals surface area contributed by atoms with Gasteiger partial charge in [0.05, 0.1) is 13.1 Å². The van der Waals surface area contributed by atoms with Crippen molar-refractivity contribution in [2.45, 2.75) is 52.6 Å². The topological polar surface area (TPSA) is 45.5 Å². The van der Waals surface area contributed by atoms with Gasteiger partial charge in [0.15, 0.2) is 0 Å². The first-order chi connectivity index (χ1) is 9.72. The van der Waals surface area contributed by atoms with Crippen molar-refractivity contribution in [2.24, 2.45) is 5.92 Å². The molecule has 1 aliphatic rings. The summed E-state index contributed by atoms with van der Waals surface area (Å²) in [7, 11) is 0. The molecule has 1 fully saturated rings. The standard InChI is InChI=1S/C16H26N2O2/c1-3-5-13-9-16(19)18(11-13)12-15-7-6-14(20-15)10-17-8-4-2/h6-7,13,17H,3-5,8-12H2,1-2H3. The quantitative estimate of drug-likeness (QED) is 0.744. The Morgan fingerprint density at radius 1 is 1.30 bits per heavy atom. The second-order valence-corrected chi connectivity index (χ2v) is 5.68. The number of amides is 1. The molecule has 1 aromatic heterocycles. The number of carbonyl (C=O) groups is 1. The van der Waals surface area contributed by atoms with Gasteiger partial charge in [0, 0.05) is 13.0 Å². The summed E-state index contributed by atoms with van der Waals surface area (Å²) >= 11 is 0. The van der Waals surface area contributed by atoms with Gasteiger partial charge in [0.1, 0.15) is 11.5 Å². The van der Waals surface area contributed by atoms with Crippen molar-refractivity contribution in [3.63, 3.8) is 0 Å². The van der Waals surface area contributed by atoms with Gasteiger partial charge in [-0.05, 0) is 37.4 Å². The van der Waals surface area contributed by atoms with Gasteiger partial charge in [0.25, 0.3) is 0 Å². The molecule has 1 saturated heterocycles. The van der Waals surface area contributed by atoms with Crippen LogP contribution in [0.1, 0.15) is 51.1 Å². The van der Waals surface area contributed by atoms with Crippen molar-refractivity contribution >= 4 is 5.91 Å². The molecular weight excluding hydrogens is 252 g/mol. The monoisotopic (exact) mass is 278 g/mol. The van der Waals surface area contributed by atoms with Crippen molar-refractivity contribution in [1.29, 1.82) is 0 Å². The van der Waals surface area contributed by atoms with Crippen molar-refractivity contribution in [3.8, 4) is 0 Å². The highest BCUT2D eigenvalue weighted by Gasteiger charge is 2.29. The number of nitrogens with zero attached hydrogens (tertiary/aromatic N) is 1. The molecule has 0 spiro atoms. The van der Waals surface area contributed by atoms with Gasteiger partial charge in [-0.1, -0.05) is 20.3 Å². The Kier molecular flexibility index (Phi) is 5.65. The van der Waals surface area contributed by atoms with E-state index >= 15 is 0 Å². The van der Waals surface area contributed by atoms with Crippen molar-refractivity contribution < 1.29 is 9.21 Å². The fourth-order valence-corrected chi connectivity index (χ4v) is 2.79. The summed E-state index contributed by atoms with van der Waals surface area (Å²) in [6.45, 7) is 7.59. The average molecular weight is 278 g/mol.